The minimum atomic E-state index is -0.827. The third-order valence-electron chi connectivity index (χ3n) is 3.82. The Morgan fingerprint density at radius 3 is 2.70 bits per heavy atom. The Bertz CT molecular complexity index is 516. The lowest BCUT2D eigenvalue weighted by Crippen LogP contribution is -2.40. The average Bonchev–Trinajstić information content (AvgIpc) is 2.88. The highest BCUT2D eigenvalue weighted by Gasteiger charge is 2.31. The largest absolute Gasteiger partial charge is 0.481 e. The smallest absolute Gasteiger partial charge is 0.317 e. The van der Waals surface area contributed by atoms with Crippen molar-refractivity contribution in [1.82, 2.24) is 10.2 Å². The summed E-state index contributed by atoms with van der Waals surface area (Å²) in [5.74, 6) is -1.26. The maximum atomic E-state index is 12.1. The molecule has 1 saturated heterocycles. The van der Waals surface area contributed by atoms with E-state index in [9.17, 15) is 9.59 Å². The first kappa shape index (κ1) is 14.4. The zero-order chi connectivity index (χ0) is 14.7. The number of urea groups is 1. The quantitative estimate of drug-likeness (QED) is 0.889. The highest BCUT2D eigenvalue weighted by Crippen LogP contribution is 2.19. The Morgan fingerprint density at radius 1 is 1.40 bits per heavy atom. The van der Waals surface area contributed by atoms with Crippen LogP contribution in [0, 0.1) is 12.8 Å². The van der Waals surface area contributed by atoms with E-state index >= 15 is 0 Å². The molecule has 0 bridgehead atoms. The second-order valence-corrected chi connectivity index (χ2v) is 5.30. The number of carboxylic acid groups (broad SMARTS) is 1. The van der Waals surface area contributed by atoms with Crippen LogP contribution in [0.25, 0.3) is 0 Å². The topological polar surface area (TPSA) is 69.6 Å². The van der Waals surface area contributed by atoms with Gasteiger partial charge >= 0.3 is 12.0 Å². The van der Waals surface area contributed by atoms with Gasteiger partial charge in [-0.2, -0.15) is 0 Å². The van der Waals surface area contributed by atoms with Crippen molar-refractivity contribution in [2.24, 2.45) is 5.92 Å². The number of aryl methyl sites for hydroxylation is 1. The zero-order valence-corrected chi connectivity index (χ0v) is 11.8. The number of hydrogen-bond acceptors (Lipinski definition) is 2. The van der Waals surface area contributed by atoms with Crippen molar-refractivity contribution < 1.29 is 14.7 Å². The van der Waals surface area contributed by atoms with Gasteiger partial charge in [0.2, 0.25) is 0 Å². The first-order valence-electron chi connectivity index (χ1n) is 6.83. The van der Waals surface area contributed by atoms with Crippen LogP contribution >= 0.6 is 0 Å². The van der Waals surface area contributed by atoms with Gasteiger partial charge in [0.15, 0.2) is 0 Å². The first-order valence-corrected chi connectivity index (χ1v) is 6.83. The van der Waals surface area contributed by atoms with Gasteiger partial charge in [-0.3, -0.25) is 4.79 Å². The predicted octanol–water partition coefficient (Wildman–Crippen LogP) is 2.17. The zero-order valence-electron chi connectivity index (χ0n) is 11.8. The molecule has 5 nitrogen and oxygen atoms in total. The number of rotatable bonds is 3. The van der Waals surface area contributed by atoms with Crippen molar-refractivity contribution in [3.63, 3.8) is 0 Å². The summed E-state index contributed by atoms with van der Waals surface area (Å²) in [4.78, 5) is 24.6. The van der Waals surface area contributed by atoms with Gasteiger partial charge in [0.05, 0.1) is 12.0 Å². The second kappa shape index (κ2) is 5.94. The van der Waals surface area contributed by atoms with E-state index in [0.717, 1.165) is 11.1 Å². The van der Waals surface area contributed by atoms with Crippen molar-refractivity contribution in [2.45, 2.75) is 26.3 Å². The van der Waals surface area contributed by atoms with Crippen LogP contribution in [-0.4, -0.2) is 35.1 Å². The number of hydrogen-bond donors (Lipinski definition) is 2. The Kier molecular flexibility index (Phi) is 4.27. The molecule has 1 aliphatic rings. The van der Waals surface area contributed by atoms with Crippen LogP contribution < -0.4 is 5.32 Å². The van der Waals surface area contributed by atoms with Gasteiger partial charge in [0.1, 0.15) is 0 Å². The second-order valence-electron chi connectivity index (χ2n) is 5.30. The summed E-state index contributed by atoms with van der Waals surface area (Å²) in [7, 11) is 0. The molecule has 2 N–H and O–H groups in total. The number of benzene rings is 1. The Hall–Kier alpha value is -2.04. The highest BCUT2D eigenvalue weighted by molar-refractivity contribution is 5.77. The molecular formula is C15H20N2O3. The predicted molar refractivity (Wildman–Crippen MR) is 75.4 cm³/mol. The number of aliphatic carboxylic acids is 1. The van der Waals surface area contributed by atoms with Crippen LogP contribution in [0.4, 0.5) is 4.79 Å². The van der Waals surface area contributed by atoms with E-state index in [0.29, 0.717) is 19.5 Å². The van der Waals surface area contributed by atoms with Crippen LogP contribution in [0.5, 0.6) is 0 Å². The molecule has 0 radical (unpaired) electrons. The number of likely N-dealkylation sites (tertiary alicyclic amines) is 1. The van der Waals surface area contributed by atoms with Gasteiger partial charge in [-0.25, -0.2) is 4.79 Å². The van der Waals surface area contributed by atoms with Gasteiger partial charge in [-0.05, 0) is 31.4 Å². The molecule has 1 aromatic rings. The van der Waals surface area contributed by atoms with Gasteiger partial charge in [-0.1, -0.05) is 24.3 Å². The summed E-state index contributed by atoms with van der Waals surface area (Å²) in [5.41, 5.74) is 2.21. The summed E-state index contributed by atoms with van der Waals surface area (Å²) < 4.78 is 0. The SMILES string of the molecule is Cc1ccccc1C(C)NC(=O)N1CCC(C(=O)O)C1. The molecule has 0 spiro atoms. The number of nitrogens with one attached hydrogen (secondary N) is 1. The number of amides is 2. The van der Waals surface area contributed by atoms with E-state index in [2.05, 4.69) is 5.32 Å². The van der Waals surface area contributed by atoms with Gasteiger partial charge in [0.25, 0.3) is 0 Å². The van der Waals surface area contributed by atoms with E-state index in [1.54, 1.807) is 4.90 Å². The lowest BCUT2D eigenvalue weighted by molar-refractivity contribution is -0.141. The van der Waals surface area contributed by atoms with Gasteiger partial charge in [0, 0.05) is 13.1 Å². The van der Waals surface area contributed by atoms with E-state index in [4.69, 9.17) is 5.11 Å². The Morgan fingerprint density at radius 2 is 2.10 bits per heavy atom. The molecule has 0 aliphatic carbocycles. The fourth-order valence-electron chi connectivity index (χ4n) is 2.57. The minimum absolute atomic E-state index is 0.0902. The summed E-state index contributed by atoms with van der Waals surface area (Å²) in [6.07, 6.45) is 0.529. The van der Waals surface area contributed by atoms with E-state index < -0.39 is 11.9 Å². The number of carbonyl (C=O) groups is 2. The van der Waals surface area contributed by atoms with Crippen molar-refractivity contribution in [3.05, 3.63) is 35.4 Å². The van der Waals surface area contributed by atoms with Crippen molar-refractivity contribution in [2.75, 3.05) is 13.1 Å². The Labute approximate surface area is 118 Å². The molecule has 1 aromatic carbocycles. The normalized spacial score (nSPS) is 19.7. The molecule has 2 rings (SSSR count). The first-order chi connectivity index (χ1) is 9.49. The molecule has 1 heterocycles. The summed E-state index contributed by atoms with van der Waals surface area (Å²) in [6.45, 7) is 4.74. The van der Waals surface area contributed by atoms with Crippen LogP contribution in [0.3, 0.4) is 0 Å². The van der Waals surface area contributed by atoms with Gasteiger partial charge < -0.3 is 15.3 Å². The third-order valence-corrected chi connectivity index (χ3v) is 3.82. The van der Waals surface area contributed by atoms with Crippen molar-refractivity contribution in [3.8, 4) is 0 Å². The molecule has 1 aliphatic heterocycles. The molecule has 2 amide bonds. The molecule has 20 heavy (non-hydrogen) atoms. The maximum Gasteiger partial charge on any atom is 0.317 e. The summed E-state index contributed by atoms with van der Waals surface area (Å²) >= 11 is 0. The van der Waals surface area contributed by atoms with Crippen LogP contribution in [0.2, 0.25) is 0 Å². The monoisotopic (exact) mass is 276 g/mol. The minimum Gasteiger partial charge on any atom is -0.481 e. The van der Waals surface area contributed by atoms with Crippen LogP contribution in [-0.2, 0) is 4.79 Å². The Balaban J connectivity index is 1.95. The number of carboxylic acids is 1. The summed E-state index contributed by atoms with van der Waals surface area (Å²) in [5, 5.41) is 11.9. The molecule has 0 aromatic heterocycles. The van der Waals surface area contributed by atoms with Crippen molar-refractivity contribution in [1.29, 1.82) is 0 Å². The molecule has 5 heteroatoms. The number of carbonyl (C=O) groups excluding carboxylic acids is 1. The molecular weight excluding hydrogens is 256 g/mol. The molecule has 2 unspecified atom stereocenters. The summed E-state index contributed by atoms with van der Waals surface area (Å²) in [6, 6.07) is 7.63. The number of nitrogens with zero attached hydrogens (tertiary/aromatic N) is 1. The average molecular weight is 276 g/mol. The molecule has 0 saturated carbocycles. The molecule has 108 valence electrons. The fourth-order valence-corrected chi connectivity index (χ4v) is 2.57. The lowest BCUT2D eigenvalue weighted by atomic mass is 10.0. The van der Waals surface area contributed by atoms with Gasteiger partial charge in [-0.15, -0.1) is 0 Å². The lowest BCUT2D eigenvalue weighted by Gasteiger charge is -2.22. The van der Waals surface area contributed by atoms with E-state index in [1.807, 2.05) is 38.1 Å². The molecule has 2 atom stereocenters. The third kappa shape index (κ3) is 3.10. The van der Waals surface area contributed by atoms with Crippen LogP contribution in [0.15, 0.2) is 24.3 Å². The van der Waals surface area contributed by atoms with E-state index in [-0.39, 0.29) is 12.1 Å². The molecule has 1 fully saturated rings. The van der Waals surface area contributed by atoms with Crippen LogP contribution in [0.1, 0.15) is 30.5 Å². The standard InChI is InChI=1S/C15H20N2O3/c1-10-5-3-4-6-13(10)11(2)16-15(20)17-8-7-12(9-17)14(18)19/h3-6,11-12H,7-9H2,1-2H3,(H,16,20)(H,18,19). The fraction of sp³-hybridized carbons (Fsp3) is 0.467. The highest BCUT2D eigenvalue weighted by atomic mass is 16.4. The van der Waals surface area contributed by atoms with E-state index in [1.165, 1.54) is 0 Å². The maximum absolute atomic E-state index is 12.1. The van der Waals surface area contributed by atoms with Crippen molar-refractivity contribution >= 4 is 12.0 Å².